The van der Waals surface area contributed by atoms with Gasteiger partial charge in [0.25, 0.3) is 5.91 Å². The molecule has 0 saturated carbocycles. The predicted octanol–water partition coefficient (Wildman–Crippen LogP) is 3.57. The van der Waals surface area contributed by atoms with Crippen LogP contribution in [0, 0.1) is 23.1 Å². The fraction of sp³-hybridized carbons (Fsp3) is 0.441. The van der Waals surface area contributed by atoms with Crippen LogP contribution < -0.4 is 15.8 Å². The molecule has 0 bridgehead atoms. The average Bonchev–Trinajstić information content (AvgIpc) is 2.96. The van der Waals surface area contributed by atoms with Crippen LogP contribution in [0.2, 0.25) is 0 Å². The minimum Gasteiger partial charge on any atom is -0.510 e. The van der Waals surface area contributed by atoms with E-state index < -0.39 is 57.9 Å². The van der Waals surface area contributed by atoms with Crippen molar-refractivity contribution in [3.05, 3.63) is 81.6 Å². The number of ether oxygens (including phenoxy) is 2. The number of aliphatic hydroxyl groups excluding tert-OH is 1. The molecule has 240 valence electrons. The lowest BCUT2D eigenvalue weighted by atomic mass is 9.54. The zero-order chi connectivity index (χ0) is 32.8. The van der Waals surface area contributed by atoms with Crippen molar-refractivity contribution in [1.82, 2.24) is 10.2 Å². The molecule has 2 aromatic carbocycles. The summed E-state index contributed by atoms with van der Waals surface area (Å²) in [6.45, 7) is 6.44. The molecule has 3 aliphatic carbocycles. The number of aliphatic hydroxyl groups is 1. The van der Waals surface area contributed by atoms with Crippen molar-refractivity contribution in [3.8, 4) is 11.5 Å². The molecule has 0 radical (unpaired) electrons. The number of hydrogen-bond donors (Lipinski definition) is 4. The van der Waals surface area contributed by atoms with Crippen LogP contribution in [-0.2, 0) is 27.3 Å². The largest absolute Gasteiger partial charge is 0.510 e. The Kier molecular flexibility index (Phi) is 8.90. The number of allylic oxidation sites excluding steroid dienone is 2. The highest BCUT2D eigenvalue weighted by atomic mass is 19.1. The summed E-state index contributed by atoms with van der Waals surface area (Å²) in [6.07, 6.45) is 0.304. The van der Waals surface area contributed by atoms with Gasteiger partial charge in [-0.2, -0.15) is 0 Å². The third-order valence-electron chi connectivity index (χ3n) is 9.17. The Morgan fingerprint density at radius 1 is 1.20 bits per heavy atom. The van der Waals surface area contributed by atoms with Crippen molar-refractivity contribution in [1.29, 1.82) is 0 Å². The first-order valence-electron chi connectivity index (χ1n) is 15.1. The number of hydrogen-bond acceptors (Lipinski definition) is 9. The van der Waals surface area contributed by atoms with E-state index in [0.717, 1.165) is 0 Å². The van der Waals surface area contributed by atoms with Crippen LogP contribution >= 0.6 is 0 Å². The van der Waals surface area contributed by atoms with E-state index in [4.69, 9.17) is 15.2 Å². The Bertz CT molecular complexity index is 1600. The Morgan fingerprint density at radius 3 is 2.51 bits per heavy atom. The summed E-state index contributed by atoms with van der Waals surface area (Å²) in [5.41, 5.74) is 3.73. The van der Waals surface area contributed by atoms with E-state index in [1.54, 1.807) is 56.3 Å². The zero-order valence-electron chi connectivity index (χ0n) is 26.1. The number of nitrogens with two attached hydrogens (primary N) is 1. The van der Waals surface area contributed by atoms with Gasteiger partial charge in [-0.1, -0.05) is 18.2 Å². The minimum absolute atomic E-state index is 0.00408. The molecular weight excluding hydrogens is 581 g/mol. The van der Waals surface area contributed by atoms with Gasteiger partial charge in [0, 0.05) is 35.7 Å². The molecule has 0 unspecified atom stereocenters. The van der Waals surface area contributed by atoms with Crippen molar-refractivity contribution in [3.63, 3.8) is 0 Å². The van der Waals surface area contributed by atoms with Gasteiger partial charge < -0.3 is 30.7 Å². The summed E-state index contributed by atoms with van der Waals surface area (Å²) in [4.78, 5) is 42.8. The maximum atomic E-state index is 16.1. The first-order valence-corrected chi connectivity index (χ1v) is 15.1. The number of para-hydroxylation sites is 1. The van der Waals surface area contributed by atoms with Gasteiger partial charge in [0.1, 0.15) is 34.4 Å². The van der Waals surface area contributed by atoms with Crippen LogP contribution in [0.15, 0.2) is 59.1 Å². The number of likely N-dealkylation sites (N-methyl/N-ethyl adjacent to an activating group) is 1. The quantitative estimate of drug-likeness (QED) is 0.231. The standard InChI is InChI=1S/C34H40FN3O7/c1-17(2)44-12-11-37-16-19-15-23(39)25-21(27(19)35)13-18-14-22-28(38(4)5)30(41)26(33(36)43)31(42)34(22,3)32(24(18)29(25)40)45-20-9-7-6-8-10-20/h6-10,15,17-18,22,28,37,39,41H,11-14,16H2,1-5H3,(H2,36,43)/t18-,22-,28-,34-/m0/s1. The molecule has 5 N–H and O–H groups in total. The number of Topliss-reactive ketones (excluding diaryl/α,β-unsaturated/α-hetero) is 2. The fourth-order valence-corrected chi connectivity index (χ4v) is 7.11. The number of aromatic hydroxyl groups is 1. The van der Waals surface area contributed by atoms with Crippen molar-refractivity contribution < 1.29 is 38.5 Å². The summed E-state index contributed by atoms with van der Waals surface area (Å²) in [5, 5.41) is 25.4. The van der Waals surface area contributed by atoms with Crippen molar-refractivity contribution in [2.75, 3.05) is 27.2 Å². The highest BCUT2D eigenvalue weighted by Gasteiger charge is 2.62. The van der Waals surface area contributed by atoms with E-state index in [1.807, 2.05) is 13.8 Å². The number of halogens is 1. The number of primary amides is 1. The number of phenols is 1. The van der Waals surface area contributed by atoms with Gasteiger partial charge in [0.15, 0.2) is 11.6 Å². The summed E-state index contributed by atoms with van der Waals surface area (Å²) in [6, 6.07) is 8.99. The monoisotopic (exact) mass is 621 g/mol. The van der Waals surface area contributed by atoms with Gasteiger partial charge in [-0.25, -0.2) is 4.39 Å². The van der Waals surface area contributed by atoms with Crippen LogP contribution in [0.1, 0.15) is 48.7 Å². The number of rotatable bonds is 10. The van der Waals surface area contributed by atoms with Crippen LogP contribution in [0.5, 0.6) is 11.5 Å². The fourth-order valence-electron chi connectivity index (χ4n) is 7.11. The van der Waals surface area contributed by atoms with E-state index in [-0.39, 0.29) is 59.3 Å². The van der Waals surface area contributed by atoms with Gasteiger partial charge in [0.2, 0.25) is 0 Å². The van der Waals surface area contributed by atoms with Crippen LogP contribution in [-0.4, -0.2) is 72.0 Å². The lowest BCUT2D eigenvalue weighted by Crippen LogP contribution is -2.59. The molecule has 0 aliphatic heterocycles. The smallest absolute Gasteiger partial charge is 0.255 e. The highest BCUT2D eigenvalue weighted by Crippen LogP contribution is 2.57. The van der Waals surface area contributed by atoms with Gasteiger partial charge in [-0.3, -0.25) is 19.3 Å². The third-order valence-corrected chi connectivity index (χ3v) is 9.17. The van der Waals surface area contributed by atoms with Gasteiger partial charge in [-0.15, -0.1) is 0 Å². The molecular formula is C34H40FN3O7. The normalized spacial score (nSPS) is 24.6. The SMILES string of the molecule is CC(C)OCCNCc1cc(O)c2c(c1F)C[C@H]1C[C@H]3[C@H](N(C)C)C(O)=C(C(N)=O)C(=O)[C@@]3(C)C(Oc3ccccc3)=C1C2=O. The van der Waals surface area contributed by atoms with Gasteiger partial charge in [0.05, 0.1) is 29.7 Å². The van der Waals surface area contributed by atoms with Crippen LogP contribution in [0.25, 0.3) is 0 Å². The number of phenolic OH excluding ortho intramolecular Hbond substituents is 1. The summed E-state index contributed by atoms with van der Waals surface area (Å²) in [7, 11) is 3.41. The molecule has 3 aliphatic rings. The molecule has 0 saturated heterocycles. The Hall–Kier alpha value is -4.06. The van der Waals surface area contributed by atoms with Crippen LogP contribution in [0.4, 0.5) is 4.39 Å². The second-order valence-corrected chi connectivity index (χ2v) is 12.6. The number of ketones is 2. The summed E-state index contributed by atoms with van der Waals surface area (Å²) < 4.78 is 28.0. The second kappa shape index (κ2) is 12.4. The molecule has 0 spiro atoms. The number of amides is 1. The molecule has 4 atom stereocenters. The van der Waals surface area contributed by atoms with Crippen molar-refractivity contribution in [2.24, 2.45) is 23.0 Å². The molecule has 11 heteroatoms. The average molecular weight is 622 g/mol. The highest BCUT2D eigenvalue weighted by molar-refractivity contribution is 6.23. The molecule has 45 heavy (non-hydrogen) atoms. The minimum atomic E-state index is -1.60. The molecule has 2 aromatic rings. The van der Waals surface area contributed by atoms with E-state index in [2.05, 4.69) is 5.32 Å². The molecule has 5 rings (SSSR count). The molecule has 10 nitrogen and oxygen atoms in total. The predicted molar refractivity (Wildman–Crippen MR) is 164 cm³/mol. The summed E-state index contributed by atoms with van der Waals surface area (Å²) in [5.74, 6) is -4.85. The van der Waals surface area contributed by atoms with Crippen LogP contribution in [0.3, 0.4) is 0 Å². The zero-order valence-corrected chi connectivity index (χ0v) is 26.1. The maximum absolute atomic E-state index is 16.1. The molecule has 0 aromatic heterocycles. The number of carbonyl (C=O) groups excluding carboxylic acids is 3. The number of nitrogens with zero attached hydrogens (tertiary/aromatic N) is 1. The Balaban J connectivity index is 1.66. The maximum Gasteiger partial charge on any atom is 0.255 e. The number of carbonyl (C=O) groups is 3. The van der Waals surface area contributed by atoms with Gasteiger partial charge in [-0.05, 0) is 71.8 Å². The lowest BCUT2D eigenvalue weighted by Gasteiger charge is -2.52. The summed E-state index contributed by atoms with van der Waals surface area (Å²) >= 11 is 0. The topological polar surface area (TPSA) is 151 Å². The van der Waals surface area contributed by atoms with Crippen molar-refractivity contribution >= 4 is 17.5 Å². The van der Waals surface area contributed by atoms with Crippen molar-refractivity contribution in [2.45, 2.75) is 52.3 Å². The van der Waals surface area contributed by atoms with E-state index in [0.29, 0.717) is 18.9 Å². The first kappa shape index (κ1) is 32.3. The lowest BCUT2D eigenvalue weighted by molar-refractivity contribution is -0.133. The first-order chi connectivity index (χ1) is 21.3. The second-order valence-electron chi connectivity index (χ2n) is 12.6. The van der Waals surface area contributed by atoms with Gasteiger partial charge >= 0.3 is 0 Å². The number of benzene rings is 2. The number of nitrogens with one attached hydrogen (secondary N) is 1. The van der Waals surface area contributed by atoms with E-state index >= 15 is 4.39 Å². The Labute approximate surface area is 261 Å². The van der Waals surface area contributed by atoms with E-state index in [1.165, 1.54) is 6.07 Å². The van der Waals surface area contributed by atoms with E-state index in [9.17, 15) is 24.6 Å². The Morgan fingerprint density at radius 2 is 1.89 bits per heavy atom. The molecule has 0 heterocycles. The number of fused-ring (bicyclic) bond motifs is 3. The molecule has 1 amide bonds. The third kappa shape index (κ3) is 5.53. The molecule has 0 fully saturated rings.